The Hall–Kier alpha value is -1.30. The lowest BCUT2D eigenvalue weighted by Crippen LogP contribution is -2.41. The lowest BCUT2D eigenvalue weighted by molar-refractivity contribution is -0.142. The molecule has 0 heterocycles. The first kappa shape index (κ1) is 18.7. The summed E-state index contributed by atoms with van der Waals surface area (Å²) in [5, 5.41) is 20.4. The molecule has 0 aliphatic heterocycles. The van der Waals surface area contributed by atoms with Gasteiger partial charge >= 0.3 is 12.0 Å². The van der Waals surface area contributed by atoms with Gasteiger partial charge in [-0.3, -0.25) is 4.79 Å². The molecule has 0 aliphatic rings. The smallest absolute Gasteiger partial charge is 0.317 e. The number of carboxylic acid groups (broad SMARTS) is 1. The third kappa shape index (κ3) is 8.74. The second kappa shape index (κ2) is 10.5. The molecule has 0 aromatic heterocycles. The highest BCUT2D eigenvalue weighted by Gasteiger charge is 2.20. The highest BCUT2D eigenvalue weighted by atomic mass is 16.4. The van der Waals surface area contributed by atoms with Gasteiger partial charge in [-0.2, -0.15) is 0 Å². The Kier molecular flexibility index (Phi) is 9.80. The van der Waals surface area contributed by atoms with Crippen LogP contribution in [0.1, 0.15) is 39.5 Å². The van der Waals surface area contributed by atoms with Gasteiger partial charge in [-0.05, 0) is 31.6 Å². The van der Waals surface area contributed by atoms with Gasteiger partial charge in [0.1, 0.15) is 0 Å². The zero-order valence-electron chi connectivity index (χ0n) is 12.8. The van der Waals surface area contributed by atoms with Crippen molar-refractivity contribution in [2.45, 2.75) is 39.5 Å². The highest BCUT2D eigenvalue weighted by Crippen LogP contribution is 2.11. The first-order chi connectivity index (χ1) is 9.38. The first-order valence-corrected chi connectivity index (χ1v) is 7.21. The van der Waals surface area contributed by atoms with E-state index in [1.165, 1.54) is 0 Å². The number of unbranched alkanes of at least 4 members (excludes halogenated alkanes) is 2. The second-order valence-corrected chi connectivity index (χ2v) is 5.56. The van der Waals surface area contributed by atoms with E-state index in [0.717, 1.165) is 19.3 Å². The number of amides is 2. The minimum absolute atomic E-state index is 0.160. The number of hydrogen-bond acceptors (Lipinski definition) is 3. The molecule has 0 aromatic rings. The number of rotatable bonds is 10. The number of aliphatic hydroxyl groups excluding tert-OH is 1. The van der Waals surface area contributed by atoms with E-state index in [-0.39, 0.29) is 25.1 Å². The molecule has 0 spiro atoms. The molecule has 0 fully saturated rings. The Labute approximate surface area is 121 Å². The van der Waals surface area contributed by atoms with E-state index in [2.05, 4.69) is 5.32 Å². The van der Waals surface area contributed by atoms with Gasteiger partial charge in [0.15, 0.2) is 0 Å². The molecule has 1 unspecified atom stereocenters. The molecule has 0 saturated carbocycles. The van der Waals surface area contributed by atoms with Gasteiger partial charge < -0.3 is 20.4 Å². The number of nitrogens with one attached hydrogen (secondary N) is 1. The second-order valence-electron chi connectivity index (χ2n) is 5.56. The van der Waals surface area contributed by atoms with Crippen molar-refractivity contribution in [2.75, 3.05) is 26.7 Å². The van der Waals surface area contributed by atoms with E-state index < -0.39 is 11.9 Å². The molecule has 6 nitrogen and oxygen atoms in total. The maximum Gasteiger partial charge on any atom is 0.317 e. The summed E-state index contributed by atoms with van der Waals surface area (Å²) in [6.45, 7) is 4.86. The average Bonchev–Trinajstić information content (AvgIpc) is 2.38. The van der Waals surface area contributed by atoms with Crippen molar-refractivity contribution in [3.8, 4) is 0 Å². The van der Waals surface area contributed by atoms with Crippen LogP contribution in [0.15, 0.2) is 0 Å². The summed E-state index contributed by atoms with van der Waals surface area (Å²) in [6, 6.07) is -0.246. The van der Waals surface area contributed by atoms with Crippen molar-refractivity contribution in [3.63, 3.8) is 0 Å². The van der Waals surface area contributed by atoms with Crippen molar-refractivity contribution in [3.05, 3.63) is 0 Å². The average molecular weight is 288 g/mol. The normalized spacial score (nSPS) is 12.2. The number of carboxylic acids is 1. The molecular formula is C14H28N2O4. The van der Waals surface area contributed by atoms with Gasteiger partial charge in [0, 0.05) is 26.7 Å². The van der Waals surface area contributed by atoms with Crippen molar-refractivity contribution in [1.29, 1.82) is 0 Å². The van der Waals surface area contributed by atoms with Crippen molar-refractivity contribution >= 4 is 12.0 Å². The molecule has 20 heavy (non-hydrogen) atoms. The first-order valence-electron chi connectivity index (χ1n) is 7.21. The van der Waals surface area contributed by atoms with Crippen LogP contribution in [0.2, 0.25) is 0 Å². The summed E-state index contributed by atoms with van der Waals surface area (Å²) in [4.78, 5) is 24.4. The SMILES string of the molecule is CC(C)CC(CNC(=O)N(C)CCCCCO)C(=O)O. The van der Waals surface area contributed by atoms with Crippen molar-refractivity contribution < 1.29 is 19.8 Å². The van der Waals surface area contributed by atoms with E-state index in [0.29, 0.717) is 13.0 Å². The summed E-state index contributed by atoms with van der Waals surface area (Å²) in [5.41, 5.74) is 0. The van der Waals surface area contributed by atoms with Crippen LogP contribution < -0.4 is 5.32 Å². The number of hydrogen-bond donors (Lipinski definition) is 3. The lowest BCUT2D eigenvalue weighted by atomic mass is 9.97. The molecule has 118 valence electrons. The van der Waals surface area contributed by atoms with E-state index in [1.807, 2.05) is 13.8 Å². The molecule has 0 rings (SSSR count). The number of nitrogens with zero attached hydrogens (tertiary/aromatic N) is 1. The Morgan fingerprint density at radius 1 is 1.20 bits per heavy atom. The zero-order valence-corrected chi connectivity index (χ0v) is 12.8. The van der Waals surface area contributed by atoms with Gasteiger partial charge in [0.05, 0.1) is 5.92 Å². The molecular weight excluding hydrogens is 260 g/mol. The summed E-state index contributed by atoms with van der Waals surface area (Å²) in [6.07, 6.45) is 3.00. The molecule has 0 radical (unpaired) electrons. The molecule has 0 aromatic carbocycles. The van der Waals surface area contributed by atoms with Gasteiger partial charge in [-0.25, -0.2) is 4.79 Å². The fraction of sp³-hybridized carbons (Fsp3) is 0.857. The number of urea groups is 1. The summed E-state index contributed by atoms with van der Waals surface area (Å²) in [7, 11) is 1.69. The predicted molar refractivity (Wildman–Crippen MR) is 77.5 cm³/mol. The predicted octanol–water partition coefficient (Wildman–Crippen LogP) is 1.54. The number of aliphatic carboxylic acids is 1. The number of carbonyl (C=O) groups excluding carboxylic acids is 1. The van der Waals surface area contributed by atoms with Crippen LogP contribution >= 0.6 is 0 Å². The Morgan fingerprint density at radius 3 is 2.35 bits per heavy atom. The van der Waals surface area contributed by atoms with Crippen molar-refractivity contribution in [2.24, 2.45) is 11.8 Å². The minimum atomic E-state index is -0.871. The van der Waals surface area contributed by atoms with Crippen LogP contribution in [0, 0.1) is 11.8 Å². The van der Waals surface area contributed by atoms with E-state index in [4.69, 9.17) is 10.2 Å². The van der Waals surface area contributed by atoms with Gasteiger partial charge in [0.25, 0.3) is 0 Å². The highest BCUT2D eigenvalue weighted by molar-refractivity contribution is 5.75. The Balaban J connectivity index is 4.01. The third-order valence-corrected chi connectivity index (χ3v) is 3.10. The summed E-state index contributed by atoms with van der Waals surface area (Å²) >= 11 is 0. The van der Waals surface area contributed by atoms with E-state index in [9.17, 15) is 9.59 Å². The molecule has 6 heteroatoms. The molecule has 3 N–H and O–H groups in total. The van der Waals surface area contributed by atoms with Crippen LogP contribution in [0.25, 0.3) is 0 Å². The fourth-order valence-electron chi connectivity index (χ4n) is 1.93. The largest absolute Gasteiger partial charge is 0.481 e. The summed E-state index contributed by atoms with van der Waals surface area (Å²) in [5.74, 6) is -1.13. The Bertz CT molecular complexity index is 295. The van der Waals surface area contributed by atoms with Crippen LogP contribution in [0.3, 0.4) is 0 Å². The summed E-state index contributed by atoms with van der Waals surface area (Å²) < 4.78 is 0. The van der Waals surface area contributed by atoms with E-state index >= 15 is 0 Å². The van der Waals surface area contributed by atoms with Crippen molar-refractivity contribution in [1.82, 2.24) is 10.2 Å². The van der Waals surface area contributed by atoms with E-state index in [1.54, 1.807) is 11.9 Å². The van der Waals surface area contributed by atoms with Gasteiger partial charge in [-0.1, -0.05) is 13.8 Å². The molecule has 1 atom stereocenters. The third-order valence-electron chi connectivity index (χ3n) is 3.10. The van der Waals surface area contributed by atoms with Crippen LogP contribution in [0.5, 0.6) is 0 Å². The molecule has 0 saturated heterocycles. The quantitative estimate of drug-likeness (QED) is 0.532. The van der Waals surface area contributed by atoms with Gasteiger partial charge in [-0.15, -0.1) is 0 Å². The van der Waals surface area contributed by atoms with Gasteiger partial charge in [0.2, 0.25) is 0 Å². The standard InChI is InChI=1S/C14H28N2O4/c1-11(2)9-12(13(18)19)10-15-14(20)16(3)7-5-4-6-8-17/h11-12,17H,4-10H2,1-3H3,(H,15,20)(H,18,19). The number of carbonyl (C=O) groups is 2. The van der Waals surface area contributed by atoms with Crippen LogP contribution in [0.4, 0.5) is 4.79 Å². The fourth-order valence-corrected chi connectivity index (χ4v) is 1.93. The maximum absolute atomic E-state index is 11.8. The molecule has 2 amide bonds. The maximum atomic E-state index is 11.8. The van der Waals surface area contributed by atoms with Crippen LogP contribution in [-0.4, -0.2) is 53.9 Å². The lowest BCUT2D eigenvalue weighted by Gasteiger charge is -2.20. The van der Waals surface area contributed by atoms with Crippen LogP contribution in [-0.2, 0) is 4.79 Å². The molecule has 0 aliphatic carbocycles. The minimum Gasteiger partial charge on any atom is -0.481 e. The zero-order chi connectivity index (χ0) is 15.5. The topological polar surface area (TPSA) is 89.9 Å². The molecule has 0 bridgehead atoms. The monoisotopic (exact) mass is 288 g/mol. The number of aliphatic hydroxyl groups is 1. The Morgan fingerprint density at radius 2 is 1.85 bits per heavy atom.